The number of aromatic nitrogens is 2. The molecule has 0 unspecified atom stereocenters. The van der Waals surface area contributed by atoms with Crippen molar-refractivity contribution in [2.45, 2.75) is 121 Å². The van der Waals surface area contributed by atoms with Gasteiger partial charge in [0, 0.05) is 19.0 Å². The van der Waals surface area contributed by atoms with Gasteiger partial charge in [-0.05, 0) is 33.1 Å². The lowest BCUT2D eigenvalue weighted by molar-refractivity contribution is -0.146. The average Bonchev–Trinajstić information content (AvgIpc) is 3.60. The number of hydrogen-bond acceptors (Lipinski definition) is 14. The van der Waals surface area contributed by atoms with Gasteiger partial charge in [-0.2, -0.15) is 0 Å². The molecule has 0 aromatic carbocycles. The van der Waals surface area contributed by atoms with Crippen LogP contribution >= 0.6 is 0 Å². The Bertz CT molecular complexity index is 1550. The van der Waals surface area contributed by atoms with E-state index in [0.717, 1.165) is 20.8 Å². The number of amides is 6. The number of nitrogens with zero attached hydrogens (tertiary/aromatic N) is 1. The molecule has 0 aliphatic rings. The summed E-state index contributed by atoms with van der Waals surface area (Å²) >= 11 is 0. The van der Waals surface area contributed by atoms with E-state index < -0.39 is 139 Å². The fourth-order valence-corrected chi connectivity index (χ4v) is 4.91. The Kier molecular flexibility index (Phi) is 19.5. The fourth-order valence-electron chi connectivity index (χ4n) is 4.91. The van der Waals surface area contributed by atoms with Gasteiger partial charge in [0.25, 0.3) is 0 Å². The zero-order valence-corrected chi connectivity index (χ0v) is 31.2. The minimum absolute atomic E-state index is 0.0326. The van der Waals surface area contributed by atoms with Crippen LogP contribution in [-0.4, -0.2) is 155 Å². The van der Waals surface area contributed by atoms with Crippen molar-refractivity contribution in [1.29, 1.82) is 0 Å². The number of imidazole rings is 1. The molecular weight excluding hydrogens is 750 g/mol. The van der Waals surface area contributed by atoms with E-state index in [1.165, 1.54) is 26.4 Å². The number of aliphatic carboxylic acids is 3. The summed E-state index contributed by atoms with van der Waals surface area (Å²) in [6, 6.07) is -11.9. The second-order valence-electron chi connectivity index (χ2n) is 13.3. The average molecular weight is 802 g/mol. The second kappa shape index (κ2) is 22.6. The number of rotatable bonds is 24. The van der Waals surface area contributed by atoms with Crippen LogP contribution in [0.1, 0.15) is 59.6 Å². The first-order valence-corrected chi connectivity index (χ1v) is 17.2. The van der Waals surface area contributed by atoms with E-state index in [0.29, 0.717) is 5.69 Å². The third kappa shape index (κ3) is 15.9. The van der Waals surface area contributed by atoms with Gasteiger partial charge in [-0.15, -0.1) is 0 Å². The number of carboxylic acids is 3. The molecule has 314 valence electrons. The van der Waals surface area contributed by atoms with Crippen LogP contribution in [0.15, 0.2) is 12.5 Å². The molecule has 1 heterocycles. The molecule has 1 aromatic rings. The van der Waals surface area contributed by atoms with Crippen LogP contribution in [0, 0.1) is 5.92 Å². The number of nitrogens with two attached hydrogens (primary N) is 1. The molecule has 0 spiro atoms. The van der Waals surface area contributed by atoms with Crippen molar-refractivity contribution in [3.8, 4) is 0 Å². The van der Waals surface area contributed by atoms with E-state index in [9.17, 15) is 73.8 Å². The summed E-state index contributed by atoms with van der Waals surface area (Å²) in [5.74, 6) is -12.4. The van der Waals surface area contributed by atoms with Crippen LogP contribution in [0.4, 0.5) is 0 Å². The molecule has 10 atom stereocenters. The van der Waals surface area contributed by atoms with Crippen molar-refractivity contribution in [1.82, 2.24) is 41.9 Å². The van der Waals surface area contributed by atoms with Crippen LogP contribution in [0.5, 0.6) is 0 Å². The van der Waals surface area contributed by atoms with Crippen LogP contribution in [-0.2, 0) is 49.6 Å². The number of carbonyl (C=O) groups is 9. The van der Waals surface area contributed by atoms with E-state index in [1.807, 2.05) is 10.6 Å². The molecule has 15 N–H and O–H groups in total. The first kappa shape index (κ1) is 48.3. The normalized spacial score (nSPS) is 16.5. The summed E-state index contributed by atoms with van der Waals surface area (Å²) in [5, 5.41) is 71.1. The summed E-state index contributed by atoms with van der Waals surface area (Å²) in [5.41, 5.74) is 6.33. The monoisotopic (exact) mass is 801 g/mol. The number of carbonyl (C=O) groups excluding carboxylic acids is 6. The van der Waals surface area contributed by atoms with Crippen molar-refractivity contribution in [2.75, 3.05) is 0 Å². The number of H-pyrrole nitrogens is 1. The molecule has 0 bridgehead atoms. The minimum atomic E-state index is -1.97. The highest BCUT2D eigenvalue weighted by atomic mass is 16.4. The summed E-state index contributed by atoms with van der Waals surface area (Å²) in [4.78, 5) is 120. The van der Waals surface area contributed by atoms with Crippen molar-refractivity contribution in [3.63, 3.8) is 0 Å². The van der Waals surface area contributed by atoms with Crippen molar-refractivity contribution >= 4 is 53.4 Å². The smallest absolute Gasteiger partial charge is 0.328 e. The third-order valence-electron chi connectivity index (χ3n) is 8.03. The number of carboxylic acid groups (broad SMARTS) is 3. The van der Waals surface area contributed by atoms with Crippen LogP contribution in [0.25, 0.3) is 0 Å². The Morgan fingerprint density at radius 3 is 1.50 bits per heavy atom. The number of aliphatic hydroxyl groups excluding tert-OH is 3. The Labute approximate surface area is 319 Å². The molecule has 0 radical (unpaired) electrons. The molecule has 6 amide bonds. The Balaban J connectivity index is 3.22. The number of hydrogen-bond donors (Lipinski definition) is 14. The largest absolute Gasteiger partial charge is 0.481 e. The molecule has 0 aliphatic heterocycles. The molecule has 0 saturated heterocycles. The van der Waals surface area contributed by atoms with Crippen LogP contribution < -0.4 is 37.6 Å². The molecule has 24 nitrogen and oxygen atoms in total. The van der Waals surface area contributed by atoms with Gasteiger partial charge in [-0.25, -0.2) is 9.78 Å². The zero-order chi connectivity index (χ0) is 43.0. The molecule has 0 saturated carbocycles. The number of nitrogens with one attached hydrogen (secondary N) is 7. The van der Waals surface area contributed by atoms with Crippen LogP contribution in [0.2, 0.25) is 0 Å². The summed E-state index contributed by atoms with van der Waals surface area (Å²) < 4.78 is 0. The van der Waals surface area contributed by atoms with E-state index >= 15 is 0 Å². The Morgan fingerprint density at radius 1 is 0.625 bits per heavy atom. The SMILES string of the molecule is CC(C)[C@H](NC(=O)[C@@H](NC(=O)[C@@H](NC(=O)[C@@H](N)Cc1c[nH]cn1)[C@@H](C)O)[C@@H](C)O)C(=O)N[C@@H](CCC(=O)O)C(=O)N[C@@H](CC(=O)O)C(=O)N[C@H](C(=O)O)[C@@H](C)O. The highest BCUT2D eigenvalue weighted by Gasteiger charge is 2.37. The van der Waals surface area contributed by atoms with Crippen molar-refractivity contribution < 1.29 is 73.8 Å². The maximum atomic E-state index is 13.5. The van der Waals surface area contributed by atoms with Gasteiger partial charge in [0.05, 0.1) is 42.8 Å². The lowest BCUT2D eigenvalue weighted by Gasteiger charge is -2.30. The zero-order valence-electron chi connectivity index (χ0n) is 31.2. The minimum Gasteiger partial charge on any atom is -0.481 e. The Hall–Kier alpha value is -5.72. The van der Waals surface area contributed by atoms with Gasteiger partial charge in [-0.3, -0.25) is 38.4 Å². The van der Waals surface area contributed by atoms with Gasteiger partial charge >= 0.3 is 17.9 Å². The predicted molar refractivity (Wildman–Crippen MR) is 188 cm³/mol. The van der Waals surface area contributed by atoms with E-state index in [2.05, 4.69) is 31.2 Å². The summed E-state index contributed by atoms with van der Waals surface area (Å²) in [6.45, 7) is 6.20. The fraction of sp³-hybridized carbons (Fsp3) is 0.625. The first-order valence-electron chi connectivity index (χ1n) is 17.2. The highest BCUT2D eigenvalue weighted by molar-refractivity contribution is 5.98. The van der Waals surface area contributed by atoms with Crippen LogP contribution in [0.3, 0.4) is 0 Å². The topological polar surface area (TPSA) is 402 Å². The maximum absolute atomic E-state index is 13.5. The summed E-state index contributed by atoms with van der Waals surface area (Å²) in [7, 11) is 0. The van der Waals surface area contributed by atoms with E-state index in [-0.39, 0.29) is 6.42 Å². The van der Waals surface area contributed by atoms with Crippen molar-refractivity contribution in [2.24, 2.45) is 11.7 Å². The molecule has 1 aromatic heterocycles. The first-order chi connectivity index (χ1) is 26.0. The molecular formula is C32H51N9O15. The molecule has 1 rings (SSSR count). The van der Waals surface area contributed by atoms with Gasteiger partial charge in [0.1, 0.15) is 30.2 Å². The van der Waals surface area contributed by atoms with Crippen molar-refractivity contribution in [3.05, 3.63) is 18.2 Å². The van der Waals surface area contributed by atoms with Gasteiger partial charge in [-0.1, -0.05) is 13.8 Å². The molecule has 0 fully saturated rings. The lowest BCUT2D eigenvalue weighted by atomic mass is 10.0. The predicted octanol–water partition coefficient (Wildman–Crippen LogP) is -5.59. The number of aliphatic hydroxyl groups is 3. The third-order valence-corrected chi connectivity index (χ3v) is 8.03. The summed E-state index contributed by atoms with van der Waals surface area (Å²) in [6.07, 6.45) is -4.45. The molecule has 24 heteroatoms. The molecule has 56 heavy (non-hydrogen) atoms. The standard InChI is InChI=1S/C32H51N9O15/c1-12(2)22(38-30(53)24(14(4)43)40-31(54)23(13(3)42)39-26(49)17(33)8-16-10-34-11-35-16)29(52)36-18(6-7-20(45)46)27(50)37-19(9-21(47)48)28(51)41-25(15(5)44)32(55)56/h10-15,17-19,22-25,42-44H,6-9,33H2,1-5H3,(H,34,35)(H,36,52)(H,37,50)(H,38,53)(H,39,49)(H,40,54)(H,41,51)(H,45,46)(H,47,48)(H,55,56)/t13-,14-,15-,17+,18+,19+,22+,23+,24+,25+/m1/s1. The molecule has 0 aliphatic carbocycles. The highest BCUT2D eigenvalue weighted by Crippen LogP contribution is 2.09. The van der Waals surface area contributed by atoms with E-state index in [1.54, 1.807) is 0 Å². The van der Waals surface area contributed by atoms with Gasteiger partial charge in [0.2, 0.25) is 35.4 Å². The lowest BCUT2D eigenvalue weighted by Crippen LogP contribution is -2.63. The quantitative estimate of drug-likeness (QED) is 0.0463. The van der Waals surface area contributed by atoms with Gasteiger partial charge in [0.15, 0.2) is 6.04 Å². The second-order valence-corrected chi connectivity index (χ2v) is 13.3. The Morgan fingerprint density at radius 2 is 1.07 bits per heavy atom. The van der Waals surface area contributed by atoms with E-state index in [4.69, 9.17) is 5.73 Å². The number of aromatic amines is 1. The van der Waals surface area contributed by atoms with Gasteiger partial charge < -0.3 is 73.3 Å². The maximum Gasteiger partial charge on any atom is 0.328 e.